The fraction of sp³-hybridized carbons (Fsp3) is 0.500. The average Bonchev–Trinajstić information content (AvgIpc) is 2.67. The molecule has 0 aliphatic carbocycles. The van der Waals surface area contributed by atoms with Gasteiger partial charge in [0, 0.05) is 12.6 Å². The second kappa shape index (κ2) is 5.69. The zero-order valence-corrected chi connectivity index (χ0v) is 12.6. The van der Waals surface area contributed by atoms with E-state index in [1.807, 2.05) is 6.92 Å². The molecule has 0 spiro atoms. The monoisotopic (exact) mass is 321 g/mol. The third-order valence-electron chi connectivity index (χ3n) is 3.37. The van der Waals surface area contributed by atoms with Crippen LogP contribution in [0.15, 0.2) is 6.07 Å². The molecule has 1 fully saturated rings. The molecular weight excluding hydrogens is 309 g/mol. The fourth-order valence-electron chi connectivity index (χ4n) is 2.34. The Morgan fingerprint density at radius 1 is 1.47 bits per heavy atom. The number of aliphatic carboxylic acids is 1. The molecule has 1 aromatic rings. The van der Waals surface area contributed by atoms with E-state index in [4.69, 9.17) is 28.3 Å². The molecule has 2 heterocycles. The van der Waals surface area contributed by atoms with Crippen LogP contribution in [-0.2, 0) is 4.79 Å². The summed E-state index contributed by atoms with van der Waals surface area (Å²) in [6.45, 7) is 2.29. The second-order valence-electron chi connectivity index (χ2n) is 4.64. The van der Waals surface area contributed by atoms with Crippen LogP contribution in [0.3, 0.4) is 0 Å². The van der Waals surface area contributed by atoms with Gasteiger partial charge in [-0.05, 0) is 25.8 Å². The van der Waals surface area contributed by atoms with E-state index in [-0.39, 0.29) is 17.9 Å². The number of carbonyl (C=O) groups is 2. The summed E-state index contributed by atoms with van der Waals surface area (Å²) < 4.78 is 0.851. The minimum atomic E-state index is -0.796. The first-order valence-corrected chi connectivity index (χ1v) is 7.46. The summed E-state index contributed by atoms with van der Waals surface area (Å²) in [4.78, 5) is 25.0. The van der Waals surface area contributed by atoms with Crippen LogP contribution in [0, 0.1) is 5.92 Å². The van der Waals surface area contributed by atoms with Crippen molar-refractivity contribution < 1.29 is 14.7 Å². The number of rotatable bonds is 2. The molecule has 1 amide bonds. The van der Waals surface area contributed by atoms with Gasteiger partial charge in [-0.2, -0.15) is 0 Å². The Labute approximate surface area is 124 Å². The molecule has 104 valence electrons. The lowest BCUT2D eigenvalue weighted by Crippen LogP contribution is -2.46. The number of carbonyl (C=O) groups excluding carboxylic acids is 1. The normalized spacial score (nSPS) is 23.4. The van der Waals surface area contributed by atoms with Crippen LogP contribution in [0.1, 0.15) is 30.1 Å². The second-order valence-corrected chi connectivity index (χ2v) is 6.93. The Hall–Kier alpha value is -0.780. The van der Waals surface area contributed by atoms with Crippen molar-refractivity contribution in [2.24, 2.45) is 5.92 Å². The first-order chi connectivity index (χ1) is 8.90. The summed E-state index contributed by atoms with van der Waals surface area (Å²) in [5, 5.41) is 9.01. The van der Waals surface area contributed by atoms with E-state index >= 15 is 0 Å². The number of carboxylic acid groups (broad SMARTS) is 1. The van der Waals surface area contributed by atoms with Gasteiger partial charge in [-0.3, -0.25) is 9.59 Å². The molecule has 2 unspecified atom stereocenters. The highest BCUT2D eigenvalue weighted by Crippen LogP contribution is 2.33. The summed E-state index contributed by atoms with van der Waals surface area (Å²) in [5.41, 5.74) is 0.400. The van der Waals surface area contributed by atoms with Crippen LogP contribution in [-0.4, -0.2) is 34.5 Å². The van der Waals surface area contributed by atoms with E-state index in [9.17, 15) is 9.59 Å². The summed E-state index contributed by atoms with van der Waals surface area (Å²) in [6.07, 6.45) is 0.942. The Morgan fingerprint density at radius 2 is 2.16 bits per heavy atom. The van der Waals surface area contributed by atoms with Gasteiger partial charge in [0.15, 0.2) is 0 Å². The van der Waals surface area contributed by atoms with E-state index < -0.39 is 5.97 Å². The molecule has 19 heavy (non-hydrogen) atoms. The first kappa shape index (κ1) is 14.6. The Balaban J connectivity index is 2.13. The highest BCUT2D eigenvalue weighted by atomic mass is 35.5. The molecule has 2 atom stereocenters. The van der Waals surface area contributed by atoms with Crippen LogP contribution in [0.2, 0.25) is 8.67 Å². The number of piperidine rings is 1. The average molecular weight is 322 g/mol. The lowest BCUT2D eigenvalue weighted by molar-refractivity contribution is -0.143. The van der Waals surface area contributed by atoms with Gasteiger partial charge in [-0.1, -0.05) is 23.2 Å². The topological polar surface area (TPSA) is 57.6 Å². The number of hydrogen-bond acceptors (Lipinski definition) is 3. The first-order valence-electron chi connectivity index (χ1n) is 5.88. The number of hydrogen-bond donors (Lipinski definition) is 1. The minimum absolute atomic E-state index is 0.114. The van der Waals surface area contributed by atoms with Crippen LogP contribution < -0.4 is 0 Å². The van der Waals surface area contributed by atoms with Crippen molar-refractivity contribution in [3.8, 4) is 0 Å². The maximum Gasteiger partial charge on any atom is 0.306 e. The van der Waals surface area contributed by atoms with Gasteiger partial charge in [0.25, 0.3) is 5.91 Å². The smallest absolute Gasteiger partial charge is 0.306 e. The third-order valence-corrected chi connectivity index (χ3v) is 4.86. The molecule has 1 aromatic heterocycles. The molecule has 1 aliphatic heterocycles. The number of carboxylic acids is 1. The quantitative estimate of drug-likeness (QED) is 0.908. The van der Waals surface area contributed by atoms with Gasteiger partial charge >= 0.3 is 5.97 Å². The molecule has 4 nitrogen and oxygen atoms in total. The third kappa shape index (κ3) is 3.04. The van der Waals surface area contributed by atoms with Crippen molar-refractivity contribution in [3.63, 3.8) is 0 Å². The number of nitrogens with zero attached hydrogens (tertiary/aromatic N) is 1. The lowest BCUT2D eigenvalue weighted by Gasteiger charge is -2.36. The molecule has 2 rings (SSSR count). The fourth-order valence-corrected chi connectivity index (χ4v) is 3.79. The molecule has 0 bridgehead atoms. The maximum absolute atomic E-state index is 12.4. The SMILES string of the molecule is CC1CC(C(=O)O)CCN1C(=O)c1cc(Cl)sc1Cl. The van der Waals surface area contributed by atoms with Crippen LogP contribution in [0.25, 0.3) is 0 Å². The van der Waals surface area contributed by atoms with Gasteiger partial charge in [-0.25, -0.2) is 0 Å². The highest BCUT2D eigenvalue weighted by Gasteiger charge is 2.33. The summed E-state index contributed by atoms with van der Waals surface area (Å²) >= 11 is 13.0. The zero-order valence-electron chi connectivity index (χ0n) is 10.2. The van der Waals surface area contributed by atoms with Gasteiger partial charge < -0.3 is 10.0 Å². The van der Waals surface area contributed by atoms with Crippen molar-refractivity contribution in [2.45, 2.75) is 25.8 Å². The molecule has 0 saturated carbocycles. The molecule has 0 aromatic carbocycles. The van der Waals surface area contributed by atoms with Crippen molar-refractivity contribution in [3.05, 3.63) is 20.3 Å². The van der Waals surface area contributed by atoms with Crippen molar-refractivity contribution in [1.82, 2.24) is 4.90 Å². The van der Waals surface area contributed by atoms with Gasteiger partial charge in [0.1, 0.15) is 4.34 Å². The Bertz CT molecular complexity index is 517. The summed E-state index contributed by atoms with van der Waals surface area (Å²) in [5.74, 6) is -1.35. The van der Waals surface area contributed by atoms with Gasteiger partial charge in [0.05, 0.1) is 15.8 Å². The molecular formula is C12H13Cl2NO3S. The standard InChI is InChI=1S/C12H13Cl2NO3S/c1-6-4-7(12(17)18)2-3-15(6)11(16)8-5-9(13)19-10(8)14/h5-7H,2-4H2,1H3,(H,17,18). The van der Waals surface area contributed by atoms with Crippen LogP contribution in [0.4, 0.5) is 0 Å². The summed E-state index contributed by atoms with van der Waals surface area (Å²) in [6, 6.07) is 1.45. The number of halogens is 2. The molecule has 0 radical (unpaired) electrons. The molecule has 1 aliphatic rings. The van der Waals surface area contributed by atoms with E-state index in [0.717, 1.165) is 11.3 Å². The Kier molecular flexibility index (Phi) is 4.38. The van der Waals surface area contributed by atoms with Crippen LogP contribution >= 0.6 is 34.5 Å². The van der Waals surface area contributed by atoms with Crippen molar-refractivity contribution >= 4 is 46.4 Å². The highest BCUT2D eigenvalue weighted by molar-refractivity contribution is 7.20. The predicted octanol–water partition coefficient (Wildman–Crippen LogP) is 3.38. The van der Waals surface area contributed by atoms with Crippen molar-refractivity contribution in [2.75, 3.05) is 6.54 Å². The van der Waals surface area contributed by atoms with Gasteiger partial charge in [-0.15, -0.1) is 11.3 Å². The number of thiophene rings is 1. The minimum Gasteiger partial charge on any atom is -0.481 e. The lowest BCUT2D eigenvalue weighted by atomic mass is 9.91. The zero-order chi connectivity index (χ0) is 14.2. The molecule has 1 saturated heterocycles. The van der Waals surface area contributed by atoms with E-state index in [1.54, 1.807) is 11.0 Å². The van der Waals surface area contributed by atoms with Crippen molar-refractivity contribution in [1.29, 1.82) is 0 Å². The Morgan fingerprint density at radius 3 is 2.63 bits per heavy atom. The maximum atomic E-state index is 12.4. The largest absolute Gasteiger partial charge is 0.481 e. The number of amides is 1. The number of likely N-dealkylation sites (tertiary alicyclic amines) is 1. The van der Waals surface area contributed by atoms with Crippen LogP contribution in [0.5, 0.6) is 0 Å². The predicted molar refractivity (Wildman–Crippen MR) is 75.2 cm³/mol. The van der Waals surface area contributed by atoms with E-state index in [0.29, 0.717) is 33.6 Å². The molecule has 1 N–H and O–H groups in total. The van der Waals surface area contributed by atoms with E-state index in [1.165, 1.54) is 0 Å². The van der Waals surface area contributed by atoms with Gasteiger partial charge in [0.2, 0.25) is 0 Å². The molecule has 7 heteroatoms. The summed E-state index contributed by atoms with van der Waals surface area (Å²) in [7, 11) is 0. The van der Waals surface area contributed by atoms with E-state index in [2.05, 4.69) is 0 Å².